The van der Waals surface area contributed by atoms with Gasteiger partial charge in [0.25, 0.3) is 0 Å². The number of methoxy groups -OCH3 is 1. The average molecular weight is 491 g/mol. The summed E-state index contributed by atoms with van der Waals surface area (Å²) in [5, 5.41) is 8.51. The fourth-order valence-corrected chi connectivity index (χ4v) is 5.15. The number of nitrogens with zero attached hydrogens (tertiary/aromatic N) is 5. The number of rotatable bonds is 6. The van der Waals surface area contributed by atoms with E-state index in [9.17, 15) is 0 Å². The summed E-state index contributed by atoms with van der Waals surface area (Å²) in [7, 11) is 1.67. The summed E-state index contributed by atoms with van der Waals surface area (Å²) < 4.78 is 7.31. The van der Waals surface area contributed by atoms with Crippen LogP contribution in [0.15, 0.2) is 88.8 Å². The van der Waals surface area contributed by atoms with Crippen molar-refractivity contribution in [3.05, 3.63) is 90.1 Å². The summed E-state index contributed by atoms with van der Waals surface area (Å²) in [6.07, 6.45) is 3.21. The van der Waals surface area contributed by atoms with E-state index in [2.05, 4.69) is 54.4 Å². The Bertz CT molecular complexity index is 1490. The van der Waals surface area contributed by atoms with Crippen molar-refractivity contribution in [1.29, 1.82) is 0 Å². The third-order valence-electron chi connectivity index (χ3n) is 6.94. The normalized spacial score (nSPS) is 15.8. The quantitative estimate of drug-likeness (QED) is 0.312. The van der Waals surface area contributed by atoms with Crippen LogP contribution in [0.2, 0.25) is 0 Å². The van der Waals surface area contributed by atoms with Crippen LogP contribution in [0.25, 0.3) is 5.69 Å². The number of ether oxygens (including phenoxy) is 1. The number of aliphatic imine (C=N–C) groups is 2. The first kappa shape index (κ1) is 23.0. The molecule has 0 saturated carbocycles. The highest BCUT2D eigenvalue weighted by atomic mass is 16.5. The highest BCUT2D eigenvalue weighted by Gasteiger charge is 2.40. The predicted octanol–water partition coefficient (Wildman–Crippen LogP) is 7.13. The minimum atomic E-state index is 0.101. The van der Waals surface area contributed by atoms with Gasteiger partial charge in [-0.3, -0.25) is 0 Å². The summed E-state index contributed by atoms with van der Waals surface area (Å²) in [6, 6.07) is 26.5. The van der Waals surface area contributed by atoms with E-state index in [1.165, 1.54) is 5.56 Å². The van der Waals surface area contributed by atoms with E-state index in [4.69, 9.17) is 19.8 Å². The molecule has 0 bridgehead atoms. The Kier molecular flexibility index (Phi) is 5.96. The number of amidine groups is 2. The maximum absolute atomic E-state index is 5.34. The van der Waals surface area contributed by atoms with Crippen molar-refractivity contribution < 1.29 is 4.74 Å². The van der Waals surface area contributed by atoms with Crippen molar-refractivity contribution in [3.63, 3.8) is 0 Å². The van der Waals surface area contributed by atoms with Gasteiger partial charge in [-0.2, -0.15) is 5.10 Å². The number of benzene rings is 3. The van der Waals surface area contributed by atoms with Gasteiger partial charge in [-0.1, -0.05) is 50.1 Å². The van der Waals surface area contributed by atoms with Crippen LogP contribution in [0, 0.1) is 6.92 Å². The first-order valence-electron chi connectivity index (χ1n) is 12.8. The minimum Gasteiger partial charge on any atom is -0.497 e. The van der Waals surface area contributed by atoms with Crippen LogP contribution >= 0.6 is 0 Å². The molecule has 37 heavy (non-hydrogen) atoms. The average Bonchev–Trinajstić information content (AvgIpc) is 3.28. The molecule has 4 aromatic rings. The highest BCUT2D eigenvalue weighted by molar-refractivity contribution is 6.51. The number of anilines is 2. The monoisotopic (exact) mass is 490 g/mol. The molecule has 0 spiro atoms. The highest BCUT2D eigenvalue weighted by Crippen LogP contribution is 2.47. The Hall–Kier alpha value is -4.39. The van der Waals surface area contributed by atoms with Gasteiger partial charge in [-0.15, -0.1) is 0 Å². The fraction of sp³-hybridized carbons (Fsp3) is 0.233. The lowest BCUT2D eigenvalue weighted by molar-refractivity contribution is 0.415. The maximum Gasteiger partial charge on any atom is 0.179 e. The molecule has 2 aliphatic rings. The Labute approximate surface area is 217 Å². The molecule has 0 aliphatic carbocycles. The van der Waals surface area contributed by atoms with Gasteiger partial charge < -0.3 is 15.0 Å². The van der Waals surface area contributed by atoms with Crippen LogP contribution in [0.1, 0.15) is 43.5 Å². The van der Waals surface area contributed by atoms with E-state index in [0.29, 0.717) is 0 Å². The first-order chi connectivity index (χ1) is 18.2. The van der Waals surface area contributed by atoms with Crippen LogP contribution in [-0.4, -0.2) is 28.6 Å². The van der Waals surface area contributed by atoms with Gasteiger partial charge in [0.2, 0.25) is 0 Å². The molecule has 0 fully saturated rings. The van der Waals surface area contributed by atoms with E-state index >= 15 is 0 Å². The predicted molar refractivity (Wildman–Crippen MR) is 150 cm³/mol. The van der Waals surface area contributed by atoms with E-state index in [-0.39, 0.29) is 6.04 Å². The third-order valence-corrected chi connectivity index (χ3v) is 6.94. The van der Waals surface area contributed by atoms with Gasteiger partial charge in [0.05, 0.1) is 35.9 Å². The maximum atomic E-state index is 5.34. The summed E-state index contributed by atoms with van der Waals surface area (Å²) >= 11 is 0. The number of aromatic nitrogens is 2. The third kappa shape index (κ3) is 4.06. The van der Waals surface area contributed by atoms with Crippen molar-refractivity contribution in [3.8, 4) is 11.4 Å². The molecular weight excluding hydrogens is 460 g/mol. The standard InChI is InChI=1S/C30H30N6O/c1-4-5-14-26-27-20(2)34-36(22-11-7-6-8-12-22)29(27)33-30-28(31-21-16-18-23(37-3)19-17-21)32-24-13-9-10-15-25(24)35(26)30/h6-13,15-19,26H,4-5,14H2,1-3H3,(H,31,32). The molecule has 1 aromatic heterocycles. The fourth-order valence-electron chi connectivity index (χ4n) is 5.15. The van der Waals surface area contributed by atoms with Gasteiger partial charge >= 0.3 is 0 Å². The van der Waals surface area contributed by atoms with Crippen LogP contribution in [0.5, 0.6) is 5.75 Å². The molecule has 1 atom stereocenters. The lowest BCUT2D eigenvalue weighted by atomic mass is 9.95. The molecular formula is C30H30N6O. The lowest BCUT2D eigenvalue weighted by Gasteiger charge is -2.40. The number of aryl methyl sites for hydroxylation is 1. The van der Waals surface area contributed by atoms with Crippen molar-refractivity contribution in [2.75, 3.05) is 17.3 Å². The van der Waals surface area contributed by atoms with Crippen LogP contribution in [0.3, 0.4) is 0 Å². The van der Waals surface area contributed by atoms with E-state index in [1.54, 1.807) is 7.11 Å². The number of hydrogen-bond acceptors (Lipinski definition) is 6. The second-order valence-electron chi connectivity index (χ2n) is 9.34. The zero-order valence-electron chi connectivity index (χ0n) is 21.3. The molecule has 7 nitrogen and oxygen atoms in total. The van der Waals surface area contributed by atoms with Crippen LogP contribution < -0.4 is 15.0 Å². The van der Waals surface area contributed by atoms with Gasteiger partial charge in [0.15, 0.2) is 17.5 Å². The van der Waals surface area contributed by atoms with Gasteiger partial charge in [-0.05, 0) is 61.9 Å². The van der Waals surface area contributed by atoms with E-state index < -0.39 is 0 Å². The van der Waals surface area contributed by atoms with Gasteiger partial charge in [-0.25, -0.2) is 14.7 Å². The second kappa shape index (κ2) is 9.58. The SMILES string of the molecule is CCCCC1c2c(C)nn(-c3ccccc3)c2N=C2C(Nc3ccc(OC)cc3)=Nc3ccccc3N21. The Morgan fingerprint density at radius 1 is 0.919 bits per heavy atom. The molecule has 0 radical (unpaired) electrons. The Morgan fingerprint density at radius 3 is 2.43 bits per heavy atom. The molecule has 3 aromatic carbocycles. The number of para-hydroxylation sites is 3. The Balaban J connectivity index is 1.54. The smallest absolute Gasteiger partial charge is 0.179 e. The molecule has 0 saturated heterocycles. The van der Waals surface area contributed by atoms with Crippen LogP contribution in [-0.2, 0) is 0 Å². The molecule has 3 heterocycles. The zero-order chi connectivity index (χ0) is 25.4. The van der Waals surface area contributed by atoms with Crippen molar-refractivity contribution in [2.45, 2.75) is 39.2 Å². The van der Waals surface area contributed by atoms with E-state index in [0.717, 1.165) is 70.9 Å². The summed E-state index contributed by atoms with van der Waals surface area (Å²) in [6.45, 7) is 4.33. The van der Waals surface area contributed by atoms with Gasteiger partial charge in [0, 0.05) is 11.3 Å². The second-order valence-corrected chi connectivity index (χ2v) is 9.34. The summed E-state index contributed by atoms with van der Waals surface area (Å²) in [4.78, 5) is 12.7. The minimum absolute atomic E-state index is 0.101. The molecule has 1 N–H and O–H groups in total. The first-order valence-corrected chi connectivity index (χ1v) is 12.8. The molecule has 0 amide bonds. The van der Waals surface area contributed by atoms with Crippen LogP contribution in [0.4, 0.5) is 22.9 Å². The van der Waals surface area contributed by atoms with E-state index in [1.807, 2.05) is 53.2 Å². The molecule has 2 aliphatic heterocycles. The van der Waals surface area contributed by atoms with Crippen molar-refractivity contribution in [2.24, 2.45) is 9.98 Å². The number of hydrogen-bond donors (Lipinski definition) is 1. The summed E-state index contributed by atoms with van der Waals surface area (Å²) in [5.74, 6) is 3.21. The van der Waals surface area contributed by atoms with Crippen molar-refractivity contribution in [1.82, 2.24) is 9.78 Å². The largest absolute Gasteiger partial charge is 0.497 e. The number of fused-ring (bicyclic) bond motifs is 4. The topological polar surface area (TPSA) is 67.0 Å². The van der Waals surface area contributed by atoms with Gasteiger partial charge in [0.1, 0.15) is 5.75 Å². The summed E-state index contributed by atoms with van der Waals surface area (Å²) in [5.41, 5.74) is 6.10. The molecule has 186 valence electrons. The lowest BCUT2D eigenvalue weighted by Crippen LogP contribution is -2.46. The Morgan fingerprint density at radius 2 is 1.68 bits per heavy atom. The number of nitrogens with one attached hydrogen (secondary N) is 1. The molecule has 1 unspecified atom stereocenters. The molecule has 6 rings (SSSR count). The van der Waals surface area contributed by atoms with Crippen molar-refractivity contribution >= 4 is 34.6 Å². The molecule has 7 heteroatoms. The number of unbranched alkanes of at least 4 members (excludes halogenated alkanes) is 1. The zero-order valence-corrected chi connectivity index (χ0v) is 21.3.